The summed E-state index contributed by atoms with van der Waals surface area (Å²) in [6, 6.07) is 22.9. The molecule has 0 saturated heterocycles. The number of benzene rings is 3. The Morgan fingerprint density at radius 1 is 1.03 bits per heavy atom. The second-order valence-corrected chi connectivity index (χ2v) is 7.44. The highest BCUT2D eigenvalue weighted by Gasteiger charge is 2.31. The van der Waals surface area contributed by atoms with E-state index in [1.807, 2.05) is 49.4 Å². The molecule has 5 nitrogen and oxygen atoms in total. The quantitative estimate of drug-likeness (QED) is 0.681. The zero-order valence-corrected chi connectivity index (χ0v) is 17.1. The van der Waals surface area contributed by atoms with Crippen molar-refractivity contribution in [1.29, 1.82) is 0 Å². The lowest BCUT2D eigenvalue weighted by Crippen LogP contribution is -2.45. The van der Waals surface area contributed by atoms with Crippen LogP contribution >= 0.6 is 0 Å². The van der Waals surface area contributed by atoms with Crippen molar-refractivity contribution in [2.75, 3.05) is 16.8 Å². The van der Waals surface area contributed by atoms with E-state index in [9.17, 15) is 9.59 Å². The molecule has 5 heteroatoms. The minimum Gasteiger partial charge on any atom is -0.479 e. The number of ether oxygens (including phenoxy) is 1. The summed E-state index contributed by atoms with van der Waals surface area (Å²) in [6.07, 6.45) is 0.181. The lowest BCUT2D eigenvalue weighted by Gasteiger charge is -2.33. The van der Waals surface area contributed by atoms with Gasteiger partial charge in [0.15, 0.2) is 6.10 Å². The van der Waals surface area contributed by atoms with E-state index in [1.165, 1.54) is 5.56 Å². The van der Waals surface area contributed by atoms with Crippen LogP contribution in [0.25, 0.3) is 0 Å². The maximum Gasteiger partial charge on any atom is 0.267 e. The monoisotopic (exact) mass is 400 g/mol. The number of nitrogens with one attached hydrogen (secondary N) is 1. The molecule has 1 unspecified atom stereocenters. The molecule has 4 rings (SSSR count). The first-order valence-electron chi connectivity index (χ1n) is 10.1. The Hall–Kier alpha value is -3.60. The molecule has 1 N–H and O–H groups in total. The largest absolute Gasteiger partial charge is 0.479 e. The van der Waals surface area contributed by atoms with Gasteiger partial charge in [0.2, 0.25) is 0 Å². The minimum atomic E-state index is -0.574. The Morgan fingerprint density at radius 2 is 1.77 bits per heavy atom. The van der Waals surface area contributed by atoms with Gasteiger partial charge in [-0.15, -0.1) is 0 Å². The molecule has 30 heavy (non-hydrogen) atoms. The van der Waals surface area contributed by atoms with Crippen LogP contribution in [-0.2, 0) is 11.2 Å². The summed E-state index contributed by atoms with van der Waals surface area (Å²) in [5, 5.41) is 2.93. The maximum atomic E-state index is 12.7. The van der Waals surface area contributed by atoms with Gasteiger partial charge in [-0.05, 0) is 49.6 Å². The third-order valence-electron chi connectivity index (χ3n) is 5.28. The van der Waals surface area contributed by atoms with E-state index in [2.05, 4.69) is 17.4 Å². The van der Waals surface area contributed by atoms with Crippen LogP contribution in [0, 0.1) is 6.92 Å². The van der Waals surface area contributed by atoms with Crippen molar-refractivity contribution in [2.45, 2.75) is 26.4 Å². The average molecular weight is 400 g/mol. The van der Waals surface area contributed by atoms with Crippen molar-refractivity contribution in [3.63, 3.8) is 0 Å². The van der Waals surface area contributed by atoms with Crippen LogP contribution in [0.3, 0.4) is 0 Å². The lowest BCUT2D eigenvalue weighted by molar-refractivity contribution is -0.125. The van der Waals surface area contributed by atoms with Crippen LogP contribution in [0.4, 0.5) is 11.4 Å². The van der Waals surface area contributed by atoms with Gasteiger partial charge in [-0.2, -0.15) is 0 Å². The first kappa shape index (κ1) is 19.7. The zero-order valence-electron chi connectivity index (χ0n) is 17.1. The third-order valence-corrected chi connectivity index (χ3v) is 5.28. The topological polar surface area (TPSA) is 58.6 Å². The van der Waals surface area contributed by atoms with E-state index in [1.54, 1.807) is 30.0 Å². The molecular weight excluding hydrogens is 376 g/mol. The van der Waals surface area contributed by atoms with Crippen LogP contribution in [0.1, 0.15) is 28.4 Å². The van der Waals surface area contributed by atoms with E-state index < -0.39 is 6.10 Å². The van der Waals surface area contributed by atoms with E-state index in [4.69, 9.17) is 4.74 Å². The average Bonchev–Trinajstić information content (AvgIpc) is 2.75. The number of carbonyl (C=O) groups excluding carboxylic acids is 2. The molecule has 2 amide bonds. The molecule has 0 bridgehead atoms. The molecule has 0 spiro atoms. The van der Waals surface area contributed by atoms with E-state index in [-0.39, 0.29) is 11.8 Å². The molecule has 3 aromatic carbocycles. The van der Waals surface area contributed by atoms with Gasteiger partial charge < -0.3 is 15.0 Å². The number of hydrogen-bond acceptors (Lipinski definition) is 3. The van der Waals surface area contributed by atoms with Crippen molar-refractivity contribution >= 4 is 23.2 Å². The van der Waals surface area contributed by atoms with Crippen molar-refractivity contribution in [2.24, 2.45) is 0 Å². The fourth-order valence-corrected chi connectivity index (χ4v) is 3.63. The standard InChI is InChI=1S/C25H24N2O3/c1-17-8-6-7-11-21(17)24(28)26-20-12-13-22-23(16-20)30-18(2)25(29)27(22)15-14-19-9-4-3-5-10-19/h3-13,16,18H,14-15H2,1-2H3,(H,26,28). The van der Waals surface area contributed by atoms with Gasteiger partial charge in [-0.1, -0.05) is 48.5 Å². The summed E-state index contributed by atoms with van der Waals surface area (Å²) < 4.78 is 5.84. The Balaban J connectivity index is 1.55. The van der Waals surface area contributed by atoms with Gasteiger partial charge in [0, 0.05) is 23.9 Å². The number of rotatable bonds is 5. The second-order valence-electron chi connectivity index (χ2n) is 7.44. The lowest BCUT2D eigenvalue weighted by atomic mass is 10.1. The van der Waals surface area contributed by atoms with Crippen LogP contribution < -0.4 is 15.0 Å². The van der Waals surface area contributed by atoms with Gasteiger partial charge >= 0.3 is 0 Å². The van der Waals surface area contributed by atoms with Crippen molar-refractivity contribution in [3.05, 3.63) is 89.5 Å². The SMILES string of the molecule is Cc1ccccc1C(=O)Nc1ccc2c(c1)OC(C)C(=O)N2CCc1ccccc1. The molecule has 1 aliphatic rings. The smallest absolute Gasteiger partial charge is 0.267 e. The maximum absolute atomic E-state index is 12.7. The van der Waals surface area contributed by atoms with Gasteiger partial charge in [0.1, 0.15) is 5.75 Å². The number of aryl methyl sites for hydroxylation is 1. The highest BCUT2D eigenvalue weighted by atomic mass is 16.5. The molecule has 0 saturated carbocycles. The molecule has 0 fully saturated rings. The van der Waals surface area contributed by atoms with Crippen molar-refractivity contribution in [3.8, 4) is 5.75 Å². The molecule has 152 valence electrons. The number of amides is 2. The molecular formula is C25H24N2O3. The normalized spacial score (nSPS) is 15.3. The predicted molar refractivity (Wildman–Crippen MR) is 118 cm³/mol. The van der Waals surface area contributed by atoms with Crippen LogP contribution in [-0.4, -0.2) is 24.5 Å². The van der Waals surface area contributed by atoms with Crippen molar-refractivity contribution in [1.82, 2.24) is 0 Å². The summed E-state index contributed by atoms with van der Waals surface area (Å²) in [6.45, 7) is 4.22. The van der Waals surface area contributed by atoms with Crippen LogP contribution in [0.2, 0.25) is 0 Å². The van der Waals surface area contributed by atoms with Gasteiger partial charge in [0.25, 0.3) is 11.8 Å². The Morgan fingerprint density at radius 3 is 2.53 bits per heavy atom. The summed E-state index contributed by atoms with van der Waals surface area (Å²) in [7, 11) is 0. The number of hydrogen-bond donors (Lipinski definition) is 1. The first-order chi connectivity index (χ1) is 14.5. The third kappa shape index (κ3) is 4.06. The molecule has 1 heterocycles. The predicted octanol–water partition coefficient (Wildman–Crippen LogP) is 4.60. The molecule has 1 atom stereocenters. The van der Waals surface area contributed by atoms with E-state index in [0.717, 1.165) is 17.7 Å². The molecule has 3 aromatic rings. The molecule has 1 aliphatic heterocycles. The van der Waals surface area contributed by atoms with Crippen molar-refractivity contribution < 1.29 is 14.3 Å². The molecule has 0 aromatic heterocycles. The van der Waals surface area contributed by atoms with Gasteiger partial charge in [0.05, 0.1) is 5.69 Å². The van der Waals surface area contributed by atoms with E-state index >= 15 is 0 Å². The Labute approximate surface area is 176 Å². The number of nitrogens with zero attached hydrogens (tertiary/aromatic N) is 1. The van der Waals surface area contributed by atoms with Crippen LogP contribution in [0.15, 0.2) is 72.8 Å². The fraction of sp³-hybridized carbons (Fsp3) is 0.200. The van der Waals surface area contributed by atoms with Crippen LogP contribution in [0.5, 0.6) is 5.75 Å². The number of fused-ring (bicyclic) bond motifs is 1. The summed E-state index contributed by atoms with van der Waals surface area (Å²) >= 11 is 0. The minimum absolute atomic E-state index is 0.0601. The van der Waals surface area contributed by atoms with Gasteiger partial charge in [-0.25, -0.2) is 0 Å². The Bertz CT molecular complexity index is 1080. The van der Waals surface area contributed by atoms with Gasteiger partial charge in [-0.3, -0.25) is 9.59 Å². The molecule has 0 radical (unpaired) electrons. The fourth-order valence-electron chi connectivity index (χ4n) is 3.63. The first-order valence-corrected chi connectivity index (χ1v) is 10.1. The highest BCUT2D eigenvalue weighted by molar-refractivity contribution is 6.06. The zero-order chi connectivity index (χ0) is 21.1. The second kappa shape index (κ2) is 8.41. The molecule has 0 aliphatic carbocycles. The number of carbonyl (C=O) groups is 2. The Kier molecular flexibility index (Phi) is 5.53. The summed E-state index contributed by atoms with van der Waals surface area (Å²) in [5.41, 5.74) is 4.07. The van der Waals surface area contributed by atoms with E-state index in [0.29, 0.717) is 23.5 Å². The summed E-state index contributed by atoms with van der Waals surface area (Å²) in [5.74, 6) is 0.363. The number of anilines is 2. The summed E-state index contributed by atoms with van der Waals surface area (Å²) in [4.78, 5) is 27.1. The highest BCUT2D eigenvalue weighted by Crippen LogP contribution is 2.36.